The molecule has 0 radical (unpaired) electrons. The maximum Gasteiger partial charge on any atom is 0.262 e. The van der Waals surface area contributed by atoms with Gasteiger partial charge in [-0.05, 0) is 54.7 Å². The van der Waals surface area contributed by atoms with E-state index in [0.717, 1.165) is 19.5 Å². The van der Waals surface area contributed by atoms with Gasteiger partial charge in [0.25, 0.3) is 15.9 Å². The first-order valence-electron chi connectivity index (χ1n) is 10.1. The fourth-order valence-electron chi connectivity index (χ4n) is 4.10. The monoisotopic (exact) mass is 430 g/mol. The number of piperidine rings is 1. The molecule has 1 saturated heterocycles. The summed E-state index contributed by atoms with van der Waals surface area (Å²) in [5, 5.41) is 0. The number of likely N-dealkylation sites (tertiary alicyclic amines) is 1. The molecule has 1 N–H and O–H groups in total. The van der Waals surface area contributed by atoms with Crippen molar-refractivity contribution in [1.29, 1.82) is 0 Å². The maximum absolute atomic E-state index is 12.8. The molecule has 4 rings (SSSR count). The minimum absolute atomic E-state index is 0.0188. The first-order valence-corrected chi connectivity index (χ1v) is 11.6. The second-order valence-electron chi connectivity index (χ2n) is 8.14. The number of benzene rings is 2. The zero-order valence-corrected chi connectivity index (χ0v) is 17.9. The van der Waals surface area contributed by atoms with Crippen LogP contribution in [0.3, 0.4) is 0 Å². The van der Waals surface area contributed by atoms with E-state index in [-0.39, 0.29) is 10.8 Å². The fraction of sp³-hybridized carbons (Fsp3) is 0.409. The Bertz CT molecular complexity index is 1030. The normalized spacial score (nSPS) is 21.2. The van der Waals surface area contributed by atoms with Gasteiger partial charge >= 0.3 is 0 Å². The first-order chi connectivity index (χ1) is 14.3. The van der Waals surface area contributed by atoms with E-state index >= 15 is 0 Å². The third-order valence-corrected chi connectivity index (χ3v) is 6.74. The Hall–Kier alpha value is -2.74. The molecule has 2 atom stereocenters. The number of rotatable bonds is 4. The molecular formula is C22H26N2O5S. The Kier molecular flexibility index (Phi) is 5.60. The van der Waals surface area contributed by atoms with E-state index in [0.29, 0.717) is 47.8 Å². The van der Waals surface area contributed by atoms with Gasteiger partial charge < -0.3 is 14.4 Å². The number of fused-ring (bicyclic) bond motifs is 1. The first kappa shape index (κ1) is 20.5. The van der Waals surface area contributed by atoms with E-state index in [4.69, 9.17) is 9.47 Å². The lowest BCUT2D eigenvalue weighted by molar-refractivity contribution is 0.0623. The smallest absolute Gasteiger partial charge is 0.262 e. The van der Waals surface area contributed by atoms with Crippen LogP contribution in [0.2, 0.25) is 0 Å². The van der Waals surface area contributed by atoms with Gasteiger partial charge in [-0.25, -0.2) is 8.42 Å². The lowest BCUT2D eigenvalue weighted by Gasteiger charge is -2.35. The SMILES string of the molecule is C[C@@H]1C[C@@H](C)CN(C(=O)c2ccc(NS(=O)(=O)c3ccc4c(c3)OCCO4)cc2)C1. The zero-order valence-electron chi connectivity index (χ0n) is 17.1. The van der Waals surface area contributed by atoms with E-state index in [2.05, 4.69) is 18.6 Å². The zero-order chi connectivity index (χ0) is 21.3. The molecule has 0 unspecified atom stereocenters. The summed E-state index contributed by atoms with van der Waals surface area (Å²) in [6, 6.07) is 11.1. The number of amides is 1. The number of hydrogen-bond acceptors (Lipinski definition) is 5. The average Bonchev–Trinajstić information content (AvgIpc) is 2.72. The van der Waals surface area contributed by atoms with Crippen LogP contribution in [0.5, 0.6) is 11.5 Å². The summed E-state index contributed by atoms with van der Waals surface area (Å²) in [7, 11) is -3.80. The predicted molar refractivity (Wildman–Crippen MR) is 114 cm³/mol. The Labute approximate surface area is 177 Å². The van der Waals surface area contributed by atoms with E-state index in [1.54, 1.807) is 30.3 Å². The van der Waals surface area contributed by atoms with Crippen molar-refractivity contribution in [1.82, 2.24) is 4.90 Å². The van der Waals surface area contributed by atoms with Gasteiger partial charge in [-0.3, -0.25) is 9.52 Å². The van der Waals surface area contributed by atoms with Gasteiger partial charge in [0.2, 0.25) is 0 Å². The summed E-state index contributed by atoms with van der Waals surface area (Å²) >= 11 is 0. The molecular weight excluding hydrogens is 404 g/mol. The molecule has 0 aliphatic carbocycles. The number of nitrogens with zero attached hydrogens (tertiary/aromatic N) is 1. The van der Waals surface area contributed by atoms with Gasteiger partial charge in [-0.1, -0.05) is 13.8 Å². The van der Waals surface area contributed by atoms with Crippen LogP contribution in [0.4, 0.5) is 5.69 Å². The Morgan fingerprint density at radius 2 is 1.60 bits per heavy atom. The topological polar surface area (TPSA) is 84.9 Å². The number of ether oxygens (including phenoxy) is 2. The van der Waals surface area contributed by atoms with Crippen molar-refractivity contribution in [3.05, 3.63) is 48.0 Å². The quantitative estimate of drug-likeness (QED) is 0.804. The van der Waals surface area contributed by atoms with Crippen molar-refractivity contribution in [2.45, 2.75) is 25.2 Å². The highest BCUT2D eigenvalue weighted by Crippen LogP contribution is 2.32. The van der Waals surface area contributed by atoms with Crippen LogP contribution in [0, 0.1) is 11.8 Å². The van der Waals surface area contributed by atoms with E-state index in [1.165, 1.54) is 12.1 Å². The lowest BCUT2D eigenvalue weighted by atomic mass is 9.91. The minimum Gasteiger partial charge on any atom is -0.486 e. The lowest BCUT2D eigenvalue weighted by Crippen LogP contribution is -2.42. The van der Waals surface area contributed by atoms with Gasteiger partial charge in [0.05, 0.1) is 4.90 Å². The second kappa shape index (κ2) is 8.18. The number of carbonyl (C=O) groups excluding carboxylic acids is 1. The van der Waals surface area contributed by atoms with Crippen LogP contribution in [0.25, 0.3) is 0 Å². The molecule has 7 nitrogen and oxygen atoms in total. The van der Waals surface area contributed by atoms with Gasteiger partial charge in [0.15, 0.2) is 11.5 Å². The summed E-state index contributed by atoms with van der Waals surface area (Å²) in [6.07, 6.45) is 1.13. The van der Waals surface area contributed by atoms with Gasteiger partial charge in [0, 0.05) is 30.4 Å². The van der Waals surface area contributed by atoms with Crippen molar-refractivity contribution in [3.63, 3.8) is 0 Å². The highest BCUT2D eigenvalue weighted by atomic mass is 32.2. The standard InChI is InChI=1S/C22H26N2O5S/c1-15-11-16(2)14-24(13-15)22(25)17-3-5-18(6-4-17)23-30(26,27)19-7-8-20-21(12-19)29-10-9-28-20/h3-8,12,15-16,23H,9-11,13-14H2,1-2H3/t15-,16-/m1/s1. The molecule has 2 heterocycles. The van der Waals surface area contributed by atoms with Crippen molar-refractivity contribution >= 4 is 21.6 Å². The van der Waals surface area contributed by atoms with E-state index < -0.39 is 10.0 Å². The Balaban J connectivity index is 1.47. The van der Waals surface area contributed by atoms with Gasteiger partial charge in [0.1, 0.15) is 13.2 Å². The third kappa shape index (κ3) is 4.38. The number of nitrogens with one attached hydrogen (secondary N) is 1. The van der Waals surface area contributed by atoms with E-state index in [1.807, 2.05) is 4.90 Å². The highest BCUT2D eigenvalue weighted by molar-refractivity contribution is 7.92. The van der Waals surface area contributed by atoms with Crippen molar-refractivity contribution in [2.24, 2.45) is 11.8 Å². The van der Waals surface area contributed by atoms with Crippen LogP contribution >= 0.6 is 0 Å². The maximum atomic E-state index is 12.8. The molecule has 30 heavy (non-hydrogen) atoms. The number of hydrogen-bond donors (Lipinski definition) is 1. The molecule has 0 spiro atoms. The number of sulfonamides is 1. The molecule has 0 bridgehead atoms. The summed E-state index contributed by atoms with van der Waals surface area (Å²) in [5.41, 5.74) is 0.945. The summed E-state index contributed by atoms with van der Waals surface area (Å²) in [5.74, 6) is 1.89. The Morgan fingerprint density at radius 1 is 0.967 bits per heavy atom. The molecule has 2 aliphatic heterocycles. The average molecular weight is 431 g/mol. The van der Waals surface area contributed by atoms with Crippen molar-refractivity contribution < 1.29 is 22.7 Å². The largest absolute Gasteiger partial charge is 0.486 e. The molecule has 1 amide bonds. The summed E-state index contributed by atoms with van der Waals surface area (Å²) < 4.78 is 38.9. The van der Waals surface area contributed by atoms with Crippen molar-refractivity contribution in [3.8, 4) is 11.5 Å². The summed E-state index contributed by atoms with van der Waals surface area (Å²) in [4.78, 5) is 14.8. The van der Waals surface area contributed by atoms with Gasteiger partial charge in [-0.15, -0.1) is 0 Å². The van der Waals surface area contributed by atoms with Crippen LogP contribution in [0.1, 0.15) is 30.6 Å². The Morgan fingerprint density at radius 3 is 2.27 bits per heavy atom. The molecule has 0 aromatic heterocycles. The van der Waals surface area contributed by atoms with Crippen LogP contribution in [-0.2, 0) is 10.0 Å². The third-order valence-electron chi connectivity index (χ3n) is 5.36. The summed E-state index contributed by atoms with van der Waals surface area (Å²) in [6.45, 7) is 6.65. The van der Waals surface area contributed by atoms with Crippen LogP contribution < -0.4 is 14.2 Å². The molecule has 2 aromatic carbocycles. The van der Waals surface area contributed by atoms with Crippen molar-refractivity contribution in [2.75, 3.05) is 31.0 Å². The predicted octanol–water partition coefficient (Wildman–Crippen LogP) is 3.38. The molecule has 0 saturated carbocycles. The molecule has 1 fully saturated rings. The van der Waals surface area contributed by atoms with Crippen LogP contribution in [0.15, 0.2) is 47.4 Å². The molecule has 8 heteroatoms. The highest BCUT2D eigenvalue weighted by Gasteiger charge is 2.26. The van der Waals surface area contributed by atoms with Crippen LogP contribution in [-0.4, -0.2) is 45.5 Å². The molecule has 2 aliphatic rings. The second-order valence-corrected chi connectivity index (χ2v) is 9.83. The number of anilines is 1. The number of carbonyl (C=O) groups is 1. The fourth-order valence-corrected chi connectivity index (χ4v) is 5.17. The molecule has 2 aromatic rings. The minimum atomic E-state index is -3.80. The van der Waals surface area contributed by atoms with E-state index in [9.17, 15) is 13.2 Å². The van der Waals surface area contributed by atoms with Gasteiger partial charge in [-0.2, -0.15) is 0 Å². The molecule has 160 valence electrons.